The molecule has 0 amide bonds. The van der Waals surface area contributed by atoms with Crippen LogP contribution in [0.5, 0.6) is 11.5 Å². The lowest BCUT2D eigenvalue weighted by Gasteiger charge is -2.39. The fraction of sp³-hybridized carbons (Fsp3) is 0.457. The second kappa shape index (κ2) is 8.21. The highest BCUT2D eigenvalue weighted by Crippen LogP contribution is 2.49. The van der Waals surface area contributed by atoms with Gasteiger partial charge in [-0.15, -0.1) is 0 Å². The van der Waals surface area contributed by atoms with Crippen molar-refractivity contribution in [2.24, 2.45) is 0 Å². The Balaban J connectivity index is 1.54. The molecule has 0 spiro atoms. The van der Waals surface area contributed by atoms with Gasteiger partial charge in [0.15, 0.2) is 0 Å². The first-order valence-electron chi connectivity index (χ1n) is 15.0. The quantitative estimate of drug-likeness (QED) is 0.322. The Hall–Kier alpha value is -3.07. The van der Waals surface area contributed by atoms with Crippen molar-refractivity contribution < 1.29 is 4.74 Å². The van der Waals surface area contributed by atoms with Gasteiger partial charge in [0.1, 0.15) is 24.6 Å². The molecule has 3 aromatic rings. The topological polar surface area (TPSA) is 15.5 Å². The first-order chi connectivity index (χ1) is 18.5. The third-order valence-corrected chi connectivity index (χ3v) is 9.69. The molecule has 3 nitrogen and oxygen atoms in total. The van der Waals surface area contributed by atoms with Crippen molar-refractivity contribution in [2.75, 3.05) is 31.1 Å². The predicted molar refractivity (Wildman–Crippen MR) is 155 cm³/mol. The standard InChI is InChI=1S/C35H39N2O/c1-35(2,3)29-15-5-4-12-24(29)30-27-20-22-10-6-16-36-18-8-13-25(31(22)36)33(27)38-34-26-14-9-19-37-17-7-11-23(32(26)37)21-28(30)34/h4-5,12,15,20-21H,6-11,13-14,16-19H2,1-3H3/q+1. The van der Waals surface area contributed by atoms with Crippen LogP contribution in [0.2, 0.25) is 0 Å². The summed E-state index contributed by atoms with van der Waals surface area (Å²) < 4.78 is 9.87. The van der Waals surface area contributed by atoms with Crippen LogP contribution in [0.4, 0.5) is 5.69 Å². The number of nitrogens with zero attached hydrogens (tertiary/aromatic N) is 2. The number of hydrogen-bond donors (Lipinski definition) is 0. The Morgan fingerprint density at radius 3 is 2.34 bits per heavy atom. The number of rotatable bonds is 1. The molecule has 0 unspecified atom stereocenters. The van der Waals surface area contributed by atoms with Crippen LogP contribution in [0.3, 0.4) is 0 Å². The number of ether oxygens (including phenoxy) is 1. The summed E-state index contributed by atoms with van der Waals surface area (Å²) in [6.07, 6.45) is 9.55. The Morgan fingerprint density at radius 1 is 0.763 bits per heavy atom. The second-order valence-corrected chi connectivity index (χ2v) is 13.1. The number of fused-ring (bicyclic) bond motifs is 4. The van der Waals surface area contributed by atoms with E-state index in [1.165, 1.54) is 125 Å². The van der Waals surface area contributed by atoms with Gasteiger partial charge in [0.2, 0.25) is 5.36 Å². The minimum Gasteiger partial charge on any atom is -0.455 e. The molecule has 38 heavy (non-hydrogen) atoms. The highest BCUT2D eigenvalue weighted by Gasteiger charge is 2.36. The third kappa shape index (κ3) is 3.23. The lowest BCUT2D eigenvalue weighted by atomic mass is 9.77. The molecule has 0 saturated carbocycles. The molecule has 0 atom stereocenters. The van der Waals surface area contributed by atoms with Crippen molar-refractivity contribution in [2.45, 2.75) is 77.6 Å². The van der Waals surface area contributed by atoms with Crippen LogP contribution in [0.1, 0.15) is 85.4 Å². The molecule has 0 N–H and O–H groups in total. The van der Waals surface area contributed by atoms with E-state index < -0.39 is 0 Å². The number of benzene rings is 3. The first kappa shape index (κ1) is 22.9. The molecule has 5 aliphatic rings. The van der Waals surface area contributed by atoms with Gasteiger partial charge in [0.25, 0.3) is 0 Å². The number of anilines is 1. The molecule has 0 fully saturated rings. The lowest BCUT2D eigenvalue weighted by molar-refractivity contribution is 0.431. The van der Waals surface area contributed by atoms with Crippen molar-refractivity contribution in [1.82, 2.24) is 4.58 Å². The Labute approximate surface area is 226 Å². The molecule has 3 aromatic carbocycles. The van der Waals surface area contributed by atoms with Crippen LogP contribution < -0.4 is 24.8 Å². The summed E-state index contributed by atoms with van der Waals surface area (Å²) in [7, 11) is 0. The van der Waals surface area contributed by atoms with Gasteiger partial charge in [0.05, 0.1) is 5.56 Å². The largest absolute Gasteiger partial charge is 0.455 e. The van der Waals surface area contributed by atoms with Crippen molar-refractivity contribution in [3.05, 3.63) is 85.9 Å². The molecule has 3 heteroatoms. The van der Waals surface area contributed by atoms with Crippen LogP contribution >= 0.6 is 0 Å². The van der Waals surface area contributed by atoms with Gasteiger partial charge >= 0.3 is 0 Å². The van der Waals surface area contributed by atoms with Crippen LogP contribution in [-0.4, -0.2) is 26.2 Å². The highest BCUT2D eigenvalue weighted by atomic mass is 16.5. The second-order valence-electron chi connectivity index (χ2n) is 13.1. The number of aryl methyl sites for hydroxylation is 2. The SMILES string of the molecule is CC(C)(C)c1ccccc1C1=c2cc3c4c(c2Oc2c1cc1c5c2CCCN5CCC1)CCC[N+]=4CCC3. The maximum Gasteiger partial charge on any atom is 0.210 e. The molecule has 0 aliphatic carbocycles. The Morgan fingerprint density at radius 2 is 1.50 bits per heavy atom. The maximum atomic E-state index is 7.22. The molecule has 0 aromatic heterocycles. The van der Waals surface area contributed by atoms with Gasteiger partial charge in [-0.05, 0) is 72.8 Å². The van der Waals surface area contributed by atoms with Crippen LogP contribution in [0, 0.1) is 0 Å². The summed E-state index contributed by atoms with van der Waals surface area (Å²) in [6, 6.07) is 14.2. The maximum absolute atomic E-state index is 7.22. The average Bonchev–Trinajstić information content (AvgIpc) is 2.92. The monoisotopic (exact) mass is 503 g/mol. The predicted octanol–water partition coefficient (Wildman–Crippen LogP) is 5.42. The fourth-order valence-corrected chi connectivity index (χ4v) is 8.16. The Bertz CT molecular complexity index is 1630. The smallest absolute Gasteiger partial charge is 0.210 e. The van der Waals surface area contributed by atoms with Crippen molar-refractivity contribution >= 4 is 11.3 Å². The van der Waals surface area contributed by atoms with E-state index in [2.05, 4.69) is 66.6 Å². The van der Waals surface area contributed by atoms with E-state index in [-0.39, 0.29) is 5.41 Å². The molecule has 0 bridgehead atoms. The van der Waals surface area contributed by atoms with Crippen molar-refractivity contribution in [1.29, 1.82) is 0 Å². The molecular formula is C35H39N2O+. The summed E-state index contributed by atoms with van der Waals surface area (Å²) in [5, 5.41) is 2.84. The zero-order valence-electron chi connectivity index (χ0n) is 23.3. The first-order valence-corrected chi connectivity index (χ1v) is 15.0. The van der Waals surface area contributed by atoms with E-state index >= 15 is 0 Å². The summed E-state index contributed by atoms with van der Waals surface area (Å²) in [5.74, 6) is 2.32. The highest BCUT2D eigenvalue weighted by molar-refractivity contribution is 5.90. The van der Waals surface area contributed by atoms with E-state index in [1.54, 1.807) is 0 Å². The zero-order chi connectivity index (χ0) is 25.6. The number of hydrogen-bond acceptors (Lipinski definition) is 2. The minimum atomic E-state index is 0.0563. The third-order valence-electron chi connectivity index (χ3n) is 9.69. The fourth-order valence-electron chi connectivity index (χ4n) is 8.16. The average molecular weight is 504 g/mol. The van der Waals surface area contributed by atoms with Gasteiger partial charge in [-0.3, -0.25) is 0 Å². The molecule has 0 radical (unpaired) electrons. The molecule has 194 valence electrons. The van der Waals surface area contributed by atoms with E-state index in [9.17, 15) is 0 Å². The summed E-state index contributed by atoms with van der Waals surface area (Å²) in [6.45, 7) is 11.8. The van der Waals surface area contributed by atoms with Gasteiger partial charge in [-0.1, -0.05) is 45.0 Å². The van der Waals surface area contributed by atoms with Gasteiger partial charge in [-0.25, -0.2) is 4.58 Å². The summed E-state index contributed by atoms with van der Waals surface area (Å²) in [5.41, 5.74) is 13.1. The molecular weight excluding hydrogens is 464 g/mol. The van der Waals surface area contributed by atoms with Gasteiger partial charge < -0.3 is 9.64 Å². The lowest BCUT2D eigenvalue weighted by Crippen LogP contribution is -2.45. The van der Waals surface area contributed by atoms with Crippen LogP contribution in [-0.2, 0) is 31.1 Å². The van der Waals surface area contributed by atoms with E-state index in [0.29, 0.717) is 0 Å². The van der Waals surface area contributed by atoms with Crippen molar-refractivity contribution in [3.63, 3.8) is 0 Å². The summed E-state index contributed by atoms with van der Waals surface area (Å²) >= 11 is 0. The molecule has 5 aliphatic heterocycles. The minimum absolute atomic E-state index is 0.0563. The zero-order valence-corrected chi connectivity index (χ0v) is 23.3. The van der Waals surface area contributed by atoms with E-state index in [0.717, 1.165) is 24.3 Å². The Kier molecular flexibility index (Phi) is 4.94. The molecule has 0 saturated heterocycles. The van der Waals surface area contributed by atoms with Crippen LogP contribution in [0.25, 0.3) is 5.57 Å². The van der Waals surface area contributed by atoms with E-state index in [1.807, 2.05) is 0 Å². The van der Waals surface area contributed by atoms with E-state index in [4.69, 9.17) is 4.74 Å². The normalized spacial score (nSPS) is 19.3. The summed E-state index contributed by atoms with van der Waals surface area (Å²) in [4.78, 5) is 2.65. The molecule has 5 heterocycles. The van der Waals surface area contributed by atoms with Gasteiger partial charge in [0, 0.05) is 59.1 Å². The van der Waals surface area contributed by atoms with Gasteiger partial charge in [-0.2, -0.15) is 0 Å². The van der Waals surface area contributed by atoms with Crippen molar-refractivity contribution in [3.8, 4) is 11.5 Å². The van der Waals surface area contributed by atoms with Crippen LogP contribution in [0.15, 0.2) is 36.4 Å². The molecule has 8 rings (SSSR count).